The Hall–Kier alpha value is -4.07. The van der Waals surface area contributed by atoms with Crippen LogP contribution in [-0.2, 0) is 6.54 Å². The third-order valence-corrected chi connectivity index (χ3v) is 5.28. The summed E-state index contributed by atoms with van der Waals surface area (Å²) < 4.78 is 12.5. The summed E-state index contributed by atoms with van der Waals surface area (Å²) in [6.07, 6.45) is 0. The second-order valence-electron chi connectivity index (χ2n) is 7.34. The predicted molar refractivity (Wildman–Crippen MR) is 121 cm³/mol. The quantitative estimate of drug-likeness (QED) is 0.464. The Kier molecular flexibility index (Phi) is 5.93. The summed E-state index contributed by atoms with van der Waals surface area (Å²) in [6.45, 7) is 4.14. The smallest absolute Gasteiger partial charge is 0.253 e. The van der Waals surface area contributed by atoms with E-state index in [1.807, 2.05) is 73.0 Å². The van der Waals surface area contributed by atoms with Crippen LogP contribution >= 0.6 is 0 Å². The molecular formula is C24H25N5O3. The van der Waals surface area contributed by atoms with Crippen LogP contribution in [-0.4, -0.2) is 39.9 Å². The number of ether oxygens (including phenoxy) is 2. The predicted octanol–water partition coefficient (Wildman–Crippen LogP) is 3.83. The van der Waals surface area contributed by atoms with E-state index in [-0.39, 0.29) is 12.5 Å². The van der Waals surface area contributed by atoms with Crippen molar-refractivity contribution in [3.63, 3.8) is 0 Å². The summed E-state index contributed by atoms with van der Waals surface area (Å²) in [5.74, 6) is 2.50. The molecule has 8 heteroatoms. The molecule has 2 heterocycles. The number of aromatic nitrogens is 4. The standard InChI is InChI=1S/C24H25N5O3/c1-15-12-21(16(2)29(15)18-6-5-7-20(13-18)32-4)24(30)25-14-22-26-23(28-27-22)17-8-10-19(31-3)11-9-17/h5-13H,14H2,1-4H3,(H,25,30)(H,26,27,28). The summed E-state index contributed by atoms with van der Waals surface area (Å²) in [5, 5.41) is 10.0. The maximum atomic E-state index is 12.9. The first-order valence-corrected chi connectivity index (χ1v) is 10.2. The van der Waals surface area contributed by atoms with Gasteiger partial charge in [0.15, 0.2) is 5.82 Å². The average molecular weight is 431 g/mol. The van der Waals surface area contributed by atoms with Gasteiger partial charge in [-0.25, -0.2) is 4.98 Å². The highest BCUT2D eigenvalue weighted by Gasteiger charge is 2.17. The van der Waals surface area contributed by atoms with Crippen molar-refractivity contribution in [2.75, 3.05) is 14.2 Å². The maximum Gasteiger partial charge on any atom is 0.253 e. The molecule has 0 fully saturated rings. The van der Waals surface area contributed by atoms with Crippen LogP contribution in [0, 0.1) is 13.8 Å². The Morgan fingerprint density at radius 3 is 2.50 bits per heavy atom. The Morgan fingerprint density at radius 1 is 1.03 bits per heavy atom. The van der Waals surface area contributed by atoms with Crippen LogP contribution in [0.1, 0.15) is 27.6 Å². The molecule has 32 heavy (non-hydrogen) atoms. The second kappa shape index (κ2) is 8.97. The van der Waals surface area contributed by atoms with Gasteiger partial charge < -0.3 is 19.4 Å². The number of aryl methyl sites for hydroxylation is 1. The largest absolute Gasteiger partial charge is 0.497 e. The number of H-pyrrole nitrogens is 1. The molecule has 2 aromatic carbocycles. The molecule has 164 valence electrons. The zero-order valence-corrected chi connectivity index (χ0v) is 18.5. The van der Waals surface area contributed by atoms with Crippen LogP contribution in [0.25, 0.3) is 17.1 Å². The maximum absolute atomic E-state index is 12.9. The van der Waals surface area contributed by atoms with Crippen molar-refractivity contribution in [3.8, 4) is 28.6 Å². The molecule has 4 rings (SSSR count). The molecule has 0 aliphatic heterocycles. The Balaban J connectivity index is 1.47. The Morgan fingerprint density at radius 2 is 1.78 bits per heavy atom. The van der Waals surface area contributed by atoms with Gasteiger partial charge in [0.25, 0.3) is 5.91 Å². The van der Waals surface area contributed by atoms with Crippen molar-refractivity contribution in [1.82, 2.24) is 25.1 Å². The minimum atomic E-state index is -0.172. The lowest BCUT2D eigenvalue weighted by molar-refractivity contribution is 0.0949. The first-order chi connectivity index (χ1) is 15.5. The fourth-order valence-corrected chi connectivity index (χ4v) is 3.64. The third kappa shape index (κ3) is 4.20. The van der Waals surface area contributed by atoms with Gasteiger partial charge in [-0.2, -0.15) is 5.10 Å². The van der Waals surface area contributed by atoms with E-state index >= 15 is 0 Å². The molecule has 0 spiro atoms. The van der Waals surface area contributed by atoms with E-state index in [4.69, 9.17) is 9.47 Å². The van der Waals surface area contributed by atoms with Crippen LogP contribution in [0.15, 0.2) is 54.6 Å². The molecule has 0 bridgehead atoms. The topological polar surface area (TPSA) is 94.1 Å². The van der Waals surface area contributed by atoms with Crippen molar-refractivity contribution < 1.29 is 14.3 Å². The van der Waals surface area contributed by atoms with Gasteiger partial charge in [0.2, 0.25) is 0 Å². The van der Waals surface area contributed by atoms with Crippen molar-refractivity contribution in [3.05, 3.63) is 77.4 Å². The molecule has 4 aromatic rings. The van der Waals surface area contributed by atoms with Gasteiger partial charge in [0.05, 0.1) is 26.3 Å². The van der Waals surface area contributed by atoms with E-state index in [2.05, 4.69) is 20.5 Å². The lowest BCUT2D eigenvalue weighted by atomic mass is 10.2. The normalized spacial score (nSPS) is 10.8. The molecule has 0 unspecified atom stereocenters. The molecule has 2 aromatic heterocycles. The minimum Gasteiger partial charge on any atom is -0.497 e. The molecule has 0 aliphatic carbocycles. The second-order valence-corrected chi connectivity index (χ2v) is 7.34. The zero-order chi connectivity index (χ0) is 22.7. The number of amides is 1. The number of carbonyl (C=O) groups excluding carboxylic acids is 1. The third-order valence-electron chi connectivity index (χ3n) is 5.28. The summed E-state index contributed by atoms with van der Waals surface area (Å²) in [7, 11) is 3.26. The average Bonchev–Trinajstić information content (AvgIpc) is 3.41. The van der Waals surface area contributed by atoms with Crippen LogP contribution in [0.2, 0.25) is 0 Å². The van der Waals surface area contributed by atoms with Gasteiger partial charge in [0.1, 0.15) is 17.3 Å². The number of nitrogens with zero attached hydrogens (tertiary/aromatic N) is 3. The molecule has 0 saturated carbocycles. The molecule has 1 amide bonds. The van der Waals surface area contributed by atoms with Crippen molar-refractivity contribution in [1.29, 1.82) is 0 Å². The van der Waals surface area contributed by atoms with Crippen LogP contribution < -0.4 is 14.8 Å². The lowest BCUT2D eigenvalue weighted by Gasteiger charge is -2.11. The van der Waals surface area contributed by atoms with Crippen molar-refractivity contribution in [2.24, 2.45) is 0 Å². The van der Waals surface area contributed by atoms with Crippen molar-refractivity contribution >= 4 is 5.91 Å². The van der Waals surface area contributed by atoms with Crippen LogP contribution in [0.3, 0.4) is 0 Å². The molecule has 0 saturated heterocycles. The number of rotatable bonds is 7. The number of carbonyl (C=O) groups is 1. The fraction of sp³-hybridized carbons (Fsp3) is 0.208. The van der Waals surface area contributed by atoms with Gasteiger partial charge in [0, 0.05) is 28.7 Å². The SMILES string of the molecule is COc1ccc(-c2n[nH]c(CNC(=O)c3cc(C)n(-c4cccc(OC)c4)c3C)n2)cc1. The van der Waals surface area contributed by atoms with Gasteiger partial charge in [-0.05, 0) is 56.3 Å². The fourth-order valence-electron chi connectivity index (χ4n) is 3.64. The summed E-state index contributed by atoms with van der Waals surface area (Å²) in [5.41, 5.74) is 4.23. The molecule has 0 aliphatic rings. The van der Waals surface area contributed by atoms with Crippen molar-refractivity contribution in [2.45, 2.75) is 20.4 Å². The first kappa shape index (κ1) is 21.2. The molecule has 2 N–H and O–H groups in total. The summed E-state index contributed by atoms with van der Waals surface area (Å²) in [6, 6.07) is 17.1. The molecule has 8 nitrogen and oxygen atoms in total. The molecule has 0 radical (unpaired) electrons. The van der Waals surface area contributed by atoms with E-state index in [0.717, 1.165) is 34.1 Å². The van der Waals surface area contributed by atoms with Crippen LogP contribution in [0.5, 0.6) is 11.5 Å². The summed E-state index contributed by atoms with van der Waals surface area (Å²) >= 11 is 0. The summed E-state index contributed by atoms with van der Waals surface area (Å²) in [4.78, 5) is 17.4. The Bertz CT molecular complexity index is 1240. The van der Waals surface area contributed by atoms with Gasteiger partial charge in [-0.1, -0.05) is 6.07 Å². The van der Waals surface area contributed by atoms with Gasteiger partial charge in [-0.3, -0.25) is 9.89 Å². The highest BCUT2D eigenvalue weighted by atomic mass is 16.5. The number of methoxy groups -OCH3 is 2. The first-order valence-electron chi connectivity index (χ1n) is 10.2. The van der Waals surface area contributed by atoms with E-state index in [1.165, 1.54) is 0 Å². The number of nitrogens with one attached hydrogen (secondary N) is 2. The lowest BCUT2D eigenvalue weighted by Crippen LogP contribution is -2.24. The Labute approximate surface area is 186 Å². The van der Waals surface area contributed by atoms with Crippen LogP contribution in [0.4, 0.5) is 0 Å². The number of hydrogen-bond donors (Lipinski definition) is 2. The molecule has 0 atom stereocenters. The van der Waals surface area contributed by atoms with E-state index in [0.29, 0.717) is 17.2 Å². The zero-order valence-electron chi connectivity index (χ0n) is 18.5. The minimum absolute atomic E-state index is 0.172. The highest BCUT2D eigenvalue weighted by molar-refractivity contribution is 5.95. The number of aromatic amines is 1. The highest BCUT2D eigenvalue weighted by Crippen LogP contribution is 2.24. The number of hydrogen-bond acceptors (Lipinski definition) is 5. The van der Waals surface area contributed by atoms with E-state index in [1.54, 1.807) is 14.2 Å². The monoisotopic (exact) mass is 431 g/mol. The van der Waals surface area contributed by atoms with E-state index < -0.39 is 0 Å². The van der Waals surface area contributed by atoms with E-state index in [9.17, 15) is 4.79 Å². The van der Waals surface area contributed by atoms with Gasteiger partial charge in [-0.15, -0.1) is 0 Å². The number of benzene rings is 2. The van der Waals surface area contributed by atoms with Gasteiger partial charge >= 0.3 is 0 Å². The molecular weight excluding hydrogens is 406 g/mol.